The van der Waals surface area contributed by atoms with Gasteiger partial charge in [-0.2, -0.15) is 4.79 Å². The van der Waals surface area contributed by atoms with E-state index < -0.39 is 24.1 Å². The van der Waals surface area contributed by atoms with E-state index in [9.17, 15) is 9.59 Å². The number of benzene rings is 1. The predicted octanol–water partition coefficient (Wildman–Crippen LogP) is 1.47. The van der Waals surface area contributed by atoms with Gasteiger partial charge in [-0.15, -0.1) is 0 Å². The number of hydrogen-bond acceptors (Lipinski definition) is 4. The Kier molecular flexibility index (Phi) is 6.17. The lowest BCUT2D eigenvalue weighted by molar-refractivity contribution is -0.142. The minimum Gasteiger partial charge on any atom is -0.484 e. The number of carbonyl (C=O) groups is 2. The molecule has 19 heavy (non-hydrogen) atoms. The Morgan fingerprint density at radius 3 is 2.63 bits per heavy atom. The second-order valence-corrected chi connectivity index (χ2v) is 4.47. The van der Waals surface area contributed by atoms with Crippen LogP contribution in [-0.2, 0) is 14.3 Å². The van der Waals surface area contributed by atoms with Gasteiger partial charge in [-0.1, -0.05) is 12.1 Å². The Labute approximate surface area is 123 Å². The highest BCUT2D eigenvalue weighted by molar-refractivity contribution is 14.1. The first-order valence-electron chi connectivity index (χ1n) is 5.39. The number of nitrogens with zero attached hydrogens (tertiary/aromatic N) is 2. The van der Waals surface area contributed by atoms with E-state index in [1.807, 2.05) is 12.1 Å². The first kappa shape index (κ1) is 15.3. The summed E-state index contributed by atoms with van der Waals surface area (Å²) >= 11 is 2.05. The van der Waals surface area contributed by atoms with Crippen molar-refractivity contribution < 1.29 is 23.9 Å². The van der Waals surface area contributed by atoms with Crippen molar-refractivity contribution in [2.45, 2.75) is 6.92 Å². The van der Waals surface area contributed by atoms with E-state index in [-0.39, 0.29) is 6.61 Å². The highest BCUT2D eigenvalue weighted by Gasteiger charge is 2.31. The Balaban J connectivity index is 2.67. The normalized spacial score (nSPS) is 9.37. The number of ether oxygens (including phenoxy) is 2. The Hall–Kier alpha value is -1.73. The van der Waals surface area contributed by atoms with E-state index in [1.54, 1.807) is 19.1 Å². The topological polar surface area (TPSA) is 89.0 Å². The number of rotatable bonds is 6. The van der Waals surface area contributed by atoms with Gasteiger partial charge >= 0.3 is 11.7 Å². The van der Waals surface area contributed by atoms with Crippen molar-refractivity contribution in [3.05, 3.63) is 33.4 Å². The fraction of sp³-hybridized carbons (Fsp3) is 0.250. The molecule has 7 heteroatoms. The monoisotopic (exact) mass is 374 g/mol. The molecule has 0 fully saturated rings. The largest absolute Gasteiger partial charge is 0.484 e. The molecule has 0 aliphatic rings. The molecule has 0 saturated heterocycles. The Bertz CT molecular complexity index is 538. The fourth-order valence-corrected chi connectivity index (χ4v) is 1.73. The molecule has 0 amide bonds. The molecule has 1 rings (SSSR count). The summed E-state index contributed by atoms with van der Waals surface area (Å²) < 4.78 is 10.7. The van der Waals surface area contributed by atoms with Gasteiger partial charge in [0.25, 0.3) is 5.78 Å². The van der Waals surface area contributed by atoms with Gasteiger partial charge in [-0.3, -0.25) is 4.79 Å². The maximum atomic E-state index is 11.7. The number of esters is 1. The molecule has 100 valence electrons. The maximum absolute atomic E-state index is 11.7. The number of para-hydroxylation sites is 1. The van der Waals surface area contributed by atoms with Gasteiger partial charge in [-0.05, 0) is 41.6 Å². The second kappa shape index (κ2) is 7.65. The number of ketones is 1. The summed E-state index contributed by atoms with van der Waals surface area (Å²) in [5.41, 5.74) is 7.98. The highest BCUT2D eigenvalue weighted by Crippen LogP contribution is 2.19. The van der Waals surface area contributed by atoms with Crippen LogP contribution in [-0.4, -0.2) is 35.5 Å². The van der Waals surface area contributed by atoms with Crippen molar-refractivity contribution >= 4 is 40.1 Å². The first-order valence-corrected chi connectivity index (χ1v) is 6.47. The molecule has 0 radical (unpaired) electrons. The number of Topliss-reactive ketones (excluding diaryl/α,β-unsaturated/α-hetero) is 1. The van der Waals surface area contributed by atoms with Crippen LogP contribution < -0.4 is 4.74 Å². The lowest BCUT2D eigenvalue weighted by atomic mass is 10.2. The quantitative estimate of drug-likeness (QED) is 0.188. The third-order valence-electron chi connectivity index (χ3n) is 2.03. The molecular weight excluding hydrogens is 363 g/mol. The van der Waals surface area contributed by atoms with Crippen LogP contribution in [0.3, 0.4) is 0 Å². The molecule has 0 aliphatic heterocycles. The van der Waals surface area contributed by atoms with Crippen LogP contribution in [0, 0.1) is 3.57 Å². The van der Waals surface area contributed by atoms with Gasteiger partial charge < -0.3 is 15.0 Å². The predicted molar refractivity (Wildman–Crippen MR) is 74.9 cm³/mol. The van der Waals surface area contributed by atoms with Crippen LogP contribution in [0.25, 0.3) is 5.53 Å². The van der Waals surface area contributed by atoms with E-state index in [0.29, 0.717) is 5.75 Å². The third-order valence-corrected chi connectivity index (χ3v) is 2.92. The lowest BCUT2D eigenvalue weighted by Crippen LogP contribution is -2.31. The zero-order valence-corrected chi connectivity index (χ0v) is 12.3. The SMILES string of the molecule is CCOC(=O)C(=[N+]=[N-])C(=O)COc1ccccc1I. The van der Waals surface area contributed by atoms with Gasteiger partial charge in [-0.25, -0.2) is 4.79 Å². The zero-order valence-electron chi connectivity index (χ0n) is 10.1. The van der Waals surface area contributed by atoms with Crippen molar-refractivity contribution in [3.63, 3.8) is 0 Å². The average Bonchev–Trinajstić information content (AvgIpc) is 2.39. The van der Waals surface area contributed by atoms with Crippen molar-refractivity contribution in [2.75, 3.05) is 13.2 Å². The molecule has 0 unspecified atom stereocenters. The minimum atomic E-state index is -0.971. The van der Waals surface area contributed by atoms with Crippen LogP contribution in [0.1, 0.15) is 6.92 Å². The minimum absolute atomic E-state index is 0.0859. The smallest absolute Gasteiger partial charge is 0.445 e. The summed E-state index contributed by atoms with van der Waals surface area (Å²) in [4.78, 5) is 25.6. The molecular formula is C12H11IN2O4. The molecule has 0 atom stereocenters. The molecule has 0 N–H and O–H groups in total. The van der Waals surface area contributed by atoms with E-state index >= 15 is 0 Å². The maximum Gasteiger partial charge on any atom is 0.445 e. The molecule has 1 aromatic rings. The van der Waals surface area contributed by atoms with Crippen LogP contribution in [0.2, 0.25) is 0 Å². The number of halogens is 1. The van der Waals surface area contributed by atoms with Gasteiger partial charge in [0.2, 0.25) is 0 Å². The molecule has 0 aliphatic carbocycles. The second-order valence-electron chi connectivity index (χ2n) is 3.31. The zero-order chi connectivity index (χ0) is 14.3. The molecule has 0 bridgehead atoms. The van der Waals surface area contributed by atoms with Crippen LogP contribution in [0.15, 0.2) is 24.3 Å². The van der Waals surface area contributed by atoms with Gasteiger partial charge in [0, 0.05) is 0 Å². The van der Waals surface area contributed by atoms with E-state index in [4.69, 9.17) is 10.3 Å². The van der Waals surface area contributed by atoms with E-state index in [0.717, 1.165) is 3.57 Å². The van der Waals surface area contributed by atoms with Gasteiger partial charge in [0.15, 0.2) is 6.61 Å². The number of carbonyl (C=O) groups excluding carboxylic acids is 2. The van der Waals surface area contributed by atoms with Crippen LogP contribution >= 0.6 is 22.6 Å². The molecule has 0 heterocycles. The van der Waals surface area contributed by atoms with Gasteiger partial charge in [0.1, 0.15) is 5.75 Å². The average molecular weight is 374 g/mol. The van der Waals surface area contributed by atoms with E-state index in [1.165, 1.54) is 0 Å². The molecule has 0 aromatic heterocycles. The summed E-state index contributed by atoms with van der Waals surface area (Å²) in [6.45, 7) is 1.26. The molecule has 0 saturated carbocycles. The van der Waals surface area contributed by atoms with Crippen molar-refractivity contribution in [2.24, 2.45) is 0 Å². The molecule has 1 aromatic carbocycles. The van der Waals surface area contributed by atoms with Crippen LogP contribution in [0.4, 0.5) is 0 Å². The summed E-state index contributed by atoms with van der Waals surface area (Å²) in [7, 11) is 0. The van der Waals surface area contributed by atoms with Crippen molar-refractivity contribution in [1.29, 1.82) is 0 Å². The lowest BCUT2D eigenvalue weighted by Gasteiger charge is -2.05. The Morgan fingerprint density at radius 1 is 1.37 bits per heavy atom. The van der Waals surface area contributed by atoms with Crippen molar-refractivity contribution in [3.8, 4) is 5.75 Å². The number of hydrogen-bond donors (Lipinski definition) is 0. The molecule has 6 nitrogen and oxygen atoms in total. The summed E-state index contributed by atoms with van der Waals surface area (Å²) in [5.74, 6) is -1.21. The molecule has 0 spiro atoms. The summed E-state index contributed by atoms with van der Waals surface area (Å²) in [6, 6.07) is 7.09. The standard InChI is InChI=1S/C12H11IN2O4/c1-2-18-12(17)11(15-14)9(16)7-19-10-6-4-3-5-8(10)13/h3-6H,2,7H2,1H3. The first-order chi connectivity index (χ1) is 9.10. The van der Waals surface area contributed by atoms with Crippen LogP contribution in [0.5, 0.6) is 5.75 Å². The summed E-state index contributed by atoms with van der Waals surface area (Å²) in [5, 5.41) is 0. The fourth-order valence-electron chi connectivity index (χ4n) is 1.18. The Morgan fingerprint density at radius 2 is 2.05 bits per heavy atom. The van der Waals surface area contributed by atoms with E-state index in [2.05, 4.69) is 32.1 Å². The third kappa shape index (κ3) is 4.46. The van der Waals surface area contributed by atoms with Crippen molar-refractivity contribution in [1.82, 2.24) is 0 Å². The van der Waals surface area contributed by atoms with Gasteiger partial charge in [0.05, 0.1) is 10.2 Å². The summed E-state index contributed by atoms with van der Waals surface area (Å²) in [6.07, 6.45) is 0. The highest BCUT2D eigenvalue weighted by atomic mass is 127.